The molecule has 0 aliphatic rings. The molecule has 0 radical (unpaired) electrons. The number of nitrogens with one attached hydrogen (secondary N) is 1. The second-order valence-corrected chi connectivity index (χ2v) is 3.24. The summed E-state index contributed by atoms with van der Waals surface area (Å²) < 4.78 is 0. The van der Waals surface area contributed by atoms with Crippen molar-refractivity contribution in [1.82, 2.24) is 5.32 Å². The summed E-state index contributed by atoms with van der Waals surface area (Å²) in [6, 6.07) is 0. The highest BCUT2D eigenvalue weighted by atomic mass is 16.4. The normalized spacial score (nSPS) is 9.83. The van der Waals surface area contributed by atoms with Gasteiger partial charge in [-0.3, -0.25) is 19.7 Å². The van der Waals surface area contributed by atoms with Gasteiger partial charge in [-0.2, -0.15) is 0 Å². The van der Waals surface area contributed by atoms with E-state index in [-0.39, 0.29) is 24.0 Å². The fourth-order valence-electron chi connectivity index (χ4n) is 1.24. The van der Waals surface area contributed by atoms with Gasteiger partial charge in [0.1, 0.15) is 5.54 Å². The first-order chi connectivity index (χ1) is 7.34. The van der Waals surface area contributed by atoms with Crippen LogP contribution in [0.25, 0.3) is 0 Å². The molecule has 0 amide bonds. The zero-order valence-corrected chi connectivity index (χ0v) is 9.47. The summed E-state index contributed by atoms with van der Waals surface area (Å²) in [6.07, 6.45) is -1.65. The van der Waals surface area contributed by atoms with Crippen LogP contribution in [-0.4, -0.2) is 62.8 Å². The SMILES string of the molecule is NCCNC(CC(=O)O)(CC(=O)O)C(=O)O.O.O. The van der Waals surface area contributed by atoms with Crippen molar-refractivity contribution in [2.24, 2.45) is 5.73 Å². The van der Waals surface area contributed by atoms with Crippen LogP contribution in [0.2, 0.25) is 0 Å². The third-order valence-corrected chi connectivity index (χ3v) is 1.92. The first-order valence-electron chi connectivity index (χ1n) is 4.46. The van der Waals surface area contributed by atoms with E-state index in [1.807, 2.05) is 0 Å². The average Bonchev–Trinajstić information content (AvgIpc) is 2.11. The molecule has 0 atom stereocenters. The Labute approximate surface area is 102 Å². The van der Waals surface area contributed by atoms with Gasteiger partial charge >= 0.3 is 17.9 Å². The summed E-state index contributed by atoms with van der Waals surface area (Å²) in [5.41, 5.74) is 3.13. The van der Waals surface area contributed by atoms with Crippen LogP contribution >= 0.6 is 0 Å². The summed E-state index contributed by atoms with van der Waals surface area (Å²) >= 11 is 0. The van der Waals surface area contributed by atoms with Gasteiger partial charge in [-0.05, 0) is 0 Å². The summed E-state index contributed by atoms with van der Waals surface area (Å²) in [5.74, 6) is -4.31. The number of hydrogen-bond acceptors (Lipinski definition) is 5. The number of carboxylic acids is 3. The minimum absolute atomic E-state index is 0. The van der Waals surface area contributed by atoms with Gasteiger partial charge in [-0.15, -0.1) is 0 Å². The van der Waals surface area contributed by atoms with Gasteiger partial charge in [0.15, 0.2) is 0 Å². The molecule has 10 heteroatoms. The molecule has 10 nitrogen and oxygen atoms in total. The lowest BCUT2D eigenvalue weighted by Gasteiger charge is -2.27. The summed E-state index contributed by atoms with van der Waals surface area (Å²) in [4.78, 5) is 32.0. The van der Waals surface area contributed by atoms with Crippen molar-refractivity contribution in [2.75, 3.05) is 13.1 Å². The van der Waals surface area contributed by atoms with E-state index in [2.05, 4.69) is 5.32 Å². The molecule has 0 aromatic heterocycles. The Bertz CT molecular complexity index is 277. The lowest BCUT2D eigenvalue weighted by Crippen LogP contribution is -2.56. The molecule has 10 N–H and O–H groups in total. The molecule has 0 aromatic carbocycles. The first kappa shape index (κ1) is 21.5. The van der Waals surface area contributed by atoms with Crippen LogP contribution in [0.15, 0.2) is 0 Å². The third kappa shape index (κ3) is 6.75. The predicted octanol–water partition coefficient (Wildman–Crippen LogP) is -3.34. The van der Waals surface area contributed by atoms with E-state index in [0.29, 0.717) is 0 Å². The topological polar surface area (TPSA) is 213 Å². The van der Waals surface area contributed by atoms with Crippen molar-refractivity contribution in [3.63, 3.8) is 0 Å². The maximum atomic E-state index is 11.0. The second kappa shape index (κ2) is 9.30. The molecule has 0 heterocycles. The minimum atomic E-state index is -2.02. The number of aliphatic carboxylic acids is 3. The Morgan fingerprint density at radius 1 is 1.00 bits per heavy atom. The Kier molecular flexibility index (Phi) is 11.1. The van der Waals surface area contributed by atoms with Gasteiger partial charge in [0, 0.05) is 13.1 Å². The summed E-state index contributed by atoms with van der Waals surface area (Å²) in [6.45, 7) is 0.0983. The van der Waals surface area contributed by atoms with Crippen molar-refractivity contribution in [2.45, 2.75) is 18.4 Å². The van der Waals surface area contributed by atoms with Crippen LogP contribution in [0.3, 0.4) is 0 Å². The van der Waals surface area contributed by atoms with Crippen molar-refractivity contribution >= 4 is 17.9 Å². The lowest BCUT2D eigenvalue weighted by molar-refractivity contribution is -0.155. The van der Waals surface area contributed by atoms with Crippen LogP contribution in [0.5, 0.6) is 0 Å². The van der Waals surface area contributed by atoms with Crippen LogP contribution in [0.1, 0.15) is 12.8 Å². The molecule has 0 aliphatic carbocycles. The van der Waals surface area contributed by atoms with Crippen molar-refractivity contribution in [3.05, 3.63) is 0 Å². The zero-order chi connectivity index (χ0) is 12.8. The average molecular weight is 270 g/mol. The number of hydrogen-bond donors (Lipinski definition) is 5. The molecule has 0 spiro atoms. The Morgan fingerprint density at radius 2 is 1.39 bits per heavy atom. The van der Waals surface area contributed by atoms with Gasteiger partial charge in [0.05, 0.1) is 12.8 Å². The van der Waals surface area contributed by atoms with E-state index in [9.17, 15) is 14.4 Å². The first-order valence-corrected chi connectivity index (χ1v) is 4.46. The molecule has 18 heavy (non-hydrogen) atoms. The summed E-state index contributed by atoms with van der Waals surface area (Å²) in [5, 5.41) is 28.4. The smallest absolute Gasteiger partial charge is 0.325 e. The summed E-state index contributed by atoms with van der Waals surface area (Å²) in [7, 11) is 0. The largest absolute Gasteiger partial charge is 0.481 e. The number of nitrogens with two attached hydrogens (primary N) is 1. The fourth-order valence-corrected chi connectivity index (χ4v) is 1.24. The highest BCUT2D eigenvalue weighted by molar-refractivity contribution is 5.89. The van der Waals surface area contributed by atoms with Gasteiger partial charge < -0.3 is 32.0 Å². The van der Waals surface area contributed by atoms with Crippen LogP contribution in [0, 0.1) is 0 Å². The molecule has 0 fully saturated rings. The van der Waals surface area contributed by atoms with Gasteiger partial charge in [-0.25, -0.2) is 0 Å². The van der Waals surface area contributed by atoms with E-state index in [0.717, 1.165) is 0 Å². The lowest BCUT2D eigenvalue weighted by atomic mass is 9.91. The molecule has 0 rings (SSSR count). The fraction of sp³-hybridized carbons (Fsp3) is 0.625. The van der Waals surface area contributed by atoms with Crippen molar-refractivity contribution in [3.8, 4) is 0 Å². The Hall–Kier alpha value is -1.75. The maximum absolute atomic E-state index is 11.0. The van der Waals surface area contributed by atoms with Gasteiger partial charge in [0.2, 0.25) is 0 Å². The Morgan fingerprint density at radius 3 is 1.61 bits per heavy atom. The van der Waals surface area contributed by atoms with Crippen molar-refractivity contribution < 1.29 is 40.7 Å². The van der Waals surface area contributed by atoms with Gasteiger partial charge in [-0.1, -0.05) is 0 Å². The predicted molar refractivity (Wildman–Crippen MR) is 59.2 cm³/mol. The number of rotatable bonds is 8. The molecule has 108 valence electrons. The molecule has 0 unspecified atom stereocenters. The van der Waals surface area contributed by atoms with Gasteiger partial charge in [0.25, 0.3) is 0 Å². The molecule has 0 bridgehead atoms. The minimum Gasteiger partial charge on any atom is -0.481 e. The second-order valence-electron chi connectivity index (χ2n) is 3.24. The molecule has 0 aromatic rings. The molecule has 0 aliphatic heterocycles. The van der Waals surface area contributed by atoms with Crippen LogP contribution < -0.4 is 11.1 Å². The Balaban J connectivity index is -0.00000112. The highest BCUT2D eigenvalue weighted by Crippen LogP contribution is 2.16. The quantitative estimate of drug-likeness (QED) is 0.299. The standard InChI is InChI=1S/C8H14N2O6.2H2O/c9-1-2-10-8(7(15)16,3-5(11)12)4-6(13)14;;/h10H,1-4,9H2,(H,11,12)(H,13,14)(H,15,16);2*1H2. The maximum Gasteiger partial charge on any atom is 0.325 e. The number of carbonyl (C=O) groups is 3. The molecule has 0 saturated heterocycles. The van der Waals surface area contributed by atoms with E-state index in [1.54, 1.807) is 0 Å². The van der Waals surface area contributed by atoms with E-state index >= 15 is 0 Å². The monoisotopic (exact) mass is 270 g/mol. The van der Waals surface area contributed by atoms with Crippen LogP contribution in [0.4, 0.5) is 0 Å². The highest BCUT2D eigenvalue weighted by Gasteiger charge is 2.42. The van der Waals surface area contributed by atoms with Crippen molar-refractivity contribution in [1.29, 1.82) is 0 Å². The van der Waals surface area contributed by atoms with Crippen LogP contribution in [-0.2, 0) is 14.4 Å². The zero-order valence-electron chi connectivity index (χ0n) is 9.47. The molecular formula is C8H18N2O8. The van der Waals surface area contributed by atoms with E-state index in [4.69, 9.17) is 21.1 Å². The van der Waals surface area contributed by atoms with E-state index < -0.39 is 36.3 Å². The molecular weight excluding hydrogens is 252 g/mol. The third-order valence-electron chi connectivity index (χ3n) is 1.92. The molecule has 0 saturated carbocycles. The number of carboxylic acid groups (broad SMARTS) is 3. The van der Waals surface area contributed by atoms with E-state index in [1.165, 1.54) is 0 Å².